The number of alkyl halides is 3. The Morgan fingerprint density at radius 1 is 1.17 bits per heavy atom. The molecule has 0 bridgehead atoms. The lowest BCUT2D eigenvalue weighted by Crippen LogP contribution is -2.13. The average Bonchev–Trinajstić information content (AvgIpc) is 2.96. The van der Waals surface area contributed by atoms with Crippen LogP contribution >= 0.6 is 0 Å². The number of aromatic nitrogens is 4. The lowest BCUT2D eigenvalue weighted by molar-refractivity contribution is -0.144. The van der Waals surface area contributed by atoms with Crippen LogP contribution in [0.25, 0.3) is 16.9 Å². The second-order valence-corrected chi connectivity index (χ2v) is 4.80. The van der Waals surface area contributed by atoms with E-state index in [9.17, 15) is 13.2 Å². The molecule has 0 saturated carbocycles. The highest BCUT2D eigenvalue weighted by Gasteiger charge is 2.36. The van der Waals surface area contributed by atoms with Gasteiger partial charge in [-0.05, 0) is 18.6 Å². The van der Waals surface area contributed by atoms with Crippen LogP contribution < -0.4 is 4.74 Å². The van der Waals surface area contributed by atoms with Gasteiger partial charge in [0.15, 0.2) is 5.65 Å². The van der Waals surface area contributed by atoms with E-state index >= 15 is 0 Å². The Labute approximate surface area is 129 Å². The molecule has 120 valence electrons. The van der Waals surface area contributed by atoms with Crippen LogP contribution in [-0.2, 0) is 12.6 Å². The Morgan fingerprint density at radius 2 is 1.91 bits per heavy atom. The average molecular weight is 322 g/mol. The fraction of sp³-hybridized carbons (Fsp3) is 0.267. The normalized spacial score (nSPS) is 11.9. The molecule has 2 aromatic heterocycles. The molecule has 0 aliphatic carbocycles. The Balaban J connectivity index is 2.31. The maximum Gasteiger partial charge on any atom is 0.451 e. The minimum absolute atomic E-state index is 0.105. The van der Waals surface area contributed by atoms with E-state index in [1.807, 2.05) is 0 Å². The van der Waals surface area contributed by atoms with Gasteiger partial charge in [0.05, 0.1) is 18.5 Å². The summed E-state index contributed by atoms with van der Waals surface area (Å²) in [5.74, 6) is -0.657. The third kappa shape index (κ3) is 2.60. The van der Waals surface area contributed by atoms with Gasteiger partial charge in [-0.15, -0.1) is 0 Å². The number of hydrogen-bond acceptors (Lipinski definition) is 4. The van der Waals surface area contributed by atoms with Crippen LogP contribution in [0.4, 0.5) is 13.2 Å². The first-order valence-electron chi connectivity index (χ1n) is 6.90. The summed E-state index contributed by atoms with van der Waals surface area (Å²) in [5.41, 5.74) is 1.28. The molecule has 1 aromatic carbocycles. The Morgan fingerprint density at radius 3 is 2.57 bits per heavy atom. The molecule has 0 unspecified atom stereocenters. The summed E-state index contributed by atoms with van der Waals surface area (Å²) >= 11 is 0. The van der Waals surface area contributed by atoms with E-state index < -0.39 is 12.0 Å². The number of para-hydroxylation sites is 2. The van der Waals surface area contributed by atoms with Gasteiger partial charge in [-0.2, -0.15) is 13.2 Å². The van der Waals surface area contributed by atoms with Crippen LogP contribution in [0.3, 0.4) is 0 Å². The summed E-state index contributed by atoms with van der Waals surface area (Å²) in [6.45, 7) is 1.73. The van der Waals surface area contributed by atoms with E-state index in [1.165, 1.54) is 18.0 Å². The van der Waals surface area contributed by atoms with Crippen LogP contribution in [0.1, 0.15) is 18.4 Å². The van der Waals surface area contributed by atoms with E-state index in [0.717, 1.165) is 0 Å². The van der Waals surface area contributed by atoms with Crippen molar-refractivity contribution in [3.05, 3.63) is 42.1 Å². The fourth-order valence-electron chi connectivity index (χ4n) is 2.34. The maximum absolute atomic E-state index is 13.0. The fourth-order valence-corrected chi connectivity index (χ4v) is 2.34. The molecule has 0 aliphatic heterocycles. The van der Waals surface area contributed by atoms with E-state index in [-0.39, 0.29) is 11.3 Å². The second kappa shape index (κ2) is 5.53. The summed E-state index contributed by atoms with van der Waals surface area (Å²) in [5, 5.41) is 0. The predicted molar refractivity (Wildman–Crippen MR) is 77.6 cm³/mol. The van der Waals surface area contributed by atoms with Gasteiger partial charge in [-0.3, -0.25) is 4.57 Å². The number of halogens is 3. The molecule has 3 aromatic rings. The number of aryl methyl sites for hydroxylation is 1. The smallest absolute Gasteiger partial charge is 0.451 e. The zero-order chi connectivity index (χ0) is 16.6. The number of benzene rings is 1. The highest BCUT2D eigenvalue weighted by Crippen LogP contribution is 2.30. The summed E-state index contributed by atoms with van der Waals surface area (Å²) < 4.78 is 45.9. The maximum atomic E-state index is 13.0. The second-order valence-electron chi connectivity index (χ2n) is 4.80. The summed E-state index contributed by atoms with van der Waals surface area (Å²) in [6.07, 6.45) is -2.87. The number of rotatable bonds is 3. The molecular formula is C15H13F3N4O. The molecule has 0 spiro atoms. The molecule has 5 nitrogen and oxygen atoms in total. The van der Waals surface area contributed by atoms with Crippen LogP contribution in [0.2, 0.25) is 0 Å². The zero-order valence-corrected chi connectivity index (χ0v) is 12.4. The van der Waals surface area contributed by atoms with Gasteiger partial charge in [0.1, 0.15) is 17.6 Å². The quantitative estimate of drug-likeness (QED) is 0.741. The predicted octanol–water partition coefficient (Wildman–Crippen LogP) is 3.41. The van der Waals surface area contributed by atoms with E-state index in [0.29, 0.717) is 23.4 Å². The van der Waals surface area contributed by atoms with Crippen molar-refractivity contribution < 1.29 is 17.9 Å². The molecule has 0 aliphatic rings. The molecule has 0 fully saturated rings. The summed E-state index contributed by atoms with van der Waals surface area (Å²) in [6, 6.07) is 6.97. The first-order chi connectivity index (χ1) is 11.0. The molecule has 0 amide bonds. The van der Waals surface area contributed by atoms with Crippen molar-refractivity contribution in [1.82, 2.24) is 19.5 Å². The molecule has 8 heteroatoms. The Hall–Kier alpha value is -2.64. The van der Waals surface area contributed by atoms with Gasteiger partial charge in [0.2, 0.25) is 5.82 Å². The Bertz CT molecular complexity index is 858. The Kier molecular flexibility index (Phi) is 3.67. The highest BCUT2D eigenvalue weighted by molar-refractivity contribution is 5.76. The third-order valence-electron chi connectivity index (χ3n) is 3.40. The molecule has 0 saturated heterocycles. The molecule has 0 N–H and O–H groups in total. The molecular weight excluding hydrogens is 309 g/mol. The lowest BCUT2D eigenvalue weighted by atomic mass is 10.2. The number of imidazole rings is 1. The molecule has 0 radical (unpaired) electrons. The number of hydrogen-bond donors (Lipinski definition) is 0. The lowest BCUT2D eigenvalue weighted by Gasteiger charge is -2.11. The standard InChI is InChI=1S/C15H13F3N4O/c1-3-9-12-13(21-14(20-9)15(16,17)18)22(8-19-12)10-6-4-5-7-11(10)23-2/h4-8H,3H2,1-2H3. The van der Waals surface area contributed by atoms with Crippen LogP contribution in [0.15, 0.2) is 30.6 Å². The van der Waals surface area contributed by atoms with Crippen molar-refractivity contribution in [1.29, 1.82) is 0 Å². The van der Waals surface area contributed by atoms with E-state index in [2.05, 4.69) is 15.0 Å². The van der Waals surface area contributed by atoms with Crippen LogP contribution in [-0.4, -0.2) is 26.6 Å². The van der Waals surface area contributed by atoms with Crippen LogP contribution in [0.5, 0.6) is 5.75 Å². The van der Waals surface area contributed by atoms with Gasteiger partial charge in [0, 0.05) is 0 Å². The van der Waals surface area contributed by atoms with Gasteiger partial charge >= 0.3 is 6.18 Å². The highest BCUT2D eigenvalue weighted by atomic mass is 19.4. The van der Waals surface area contributed by atoms with Crippen molar-refractivity contribution in [2.24, 2.45) is 0 Å². The van der Waals surface area contributed by atoms with Gasteiger partial charge in [-0.1, -0.05) is 19.1 Å². The van der Waals surface area contributed by atoms with Gasteiger partial charge in [0.25, 0.3) is 0 Å². The summed E-state index contributed by atoms with van der Waals surface area (Å²) in [4.78, 5) is 11.5. The zero-order valence-electron chi connectivity index (χ0n) is 12.4. The monoisotopic (exact) mass is 322 g/mol. The van der Waals surface area contributed by atoms with Gasteiger partial charge in [-0.25, -0.2) is 15.0 Å². The SMILES string of the molecule is CCc1nc(C(F)(F)F)nc2c1ncn2-c1ccccc1OC. The minimum atomic E-state index is -4.62. The number of nitrogens with zero attached hydrogens (tertiary/aromatic N) is 4. The molecule has 3 rings (SSSR count). The molecule has 2 heterocycles. The summed E-state index contributed by atoms with van der Waals surface area (Å²) in [7, 11) is 1.49. The number of fused-ring (bicyclic) bond motifs is 1. The minimum Gasteiger partial charge on any atom is -0.495 e. The topological polar surface area (TPSA) is 52.8 Å². The molecule has 0 atom stereocenters. The molecule has 23 heavy (non-hydrogen) atoms. The first-order valence-corrected chi connectivity index (χ1v) is 6.90. The van der Waals surface area contributed by atoms with Crippen molar-refractivity contribution in [3.63, 3.8) is 0 Å². The van der Waals surface area contributed by atoms with Crippen molar-refractivity contribution in [2.45, 2.75) is 19.5 Å². The largest absolute Gasteiger partial charge is 0.495 e. The van der Waals surface area contributed by atoms with Gasteiger partial charge < -0.3 is 4.74 Å². The third-order valence-corrected chi connectivity index (χ3v) is 3.40. The number of ether oxygens (including phenoxy) is 1. The van der Waals surface area contributed by atoms with E-state index in [4.69, 9.17) is 4.74 Å². The van der Waals surface area contributed by atoms with Crippen molar-refractivity contribution in [3.8, 4) is 11.4 Å². The van der Waals surface area contributed by atoms with Crippen LogP contribution in [0, 0.1) is 0 Å². The van der Waals surface area contributed by atoms with E-state index in [1.54, 1.807) is 31.2 Å². The van der Waals surface area contributed by atoms with Crippen molar-refractivity contribution >= 4 is 11.2 Å². The number of methoxy groups -OCH3 is 1. The first kappa shape index (κ1) is 15.3. The van der Waals surface area contributed by atoms with Crippen molar-refractivity contribution in [2.75, 3.05) is 7.11 Å².